The third-order valence-corrected chi connectivity index (χ3v) is 6.05. The second kappa shape index (κ2) is 7.11. The van der Waals surface area contributed by atoms with Gasteiger partial charge in [-0.1, -0.05) is 35.9 Å². The maximum atomic E-state index is 7.80. The van der Waals surface area contributed by atoms with Crippen molar-refractivity contribution >= 4 is 27.6 Å². The smallest absolute Gasteiger partial charge is 0.230 e. The number of fused-ring (bicyclic) bond motifs is 3. The molecule has 0 spiro atoms. The van der Waals surface area contributed by atoms with Gasteiger partial charge in [0, 0.05) is 22.9 Å². The van der Waals surface area contributed by atoms with Crippen LogP contribution in [-0.2, 0) is 7.05 Å². The van der Waals surface area contributed by atoms with Crippen LogP contribution in [0.2, 0.25) is 0 Å². The van der Waals surface area contributed by atoms with Crippen LogP contribution in [0.5, 0.6) is 0 Å². The fraction of sp³-hybridized carbons (Fsp3) is 0.143. The fourth-order valence-corrected chi connectivity index (χ4v) is 4.50. The van der Waals surface area contributed by atoms with E-state index in [1.807, 2.05) is 31.4 Å². The standard InChI is InChI=1S/C28H23N2O/c1-17-9-11-21(19(3)14-17)20-15-23-22-12-10-18(2)26(25-8-6-7-13-30(25)5)28(22)31-27(23)24(16-20)29-4/h6-16H,1-3,5H3/q+1. The molecule has 150 valence electrons. The number of aryl methyl sites for hydroxylation is 4. The van der Waals surface area contributed by atoms with Gasteiger partial charge in [0.15, 0.2) is 6.20 Å². The normalized spacial score (nSPS) is 11.2. The summed E-state index contributed by atoms with van der Waals surface area (Å²) < 4.78 is 8.51. The van der Waals surface area contributed by atoms with Crippen molar-refractivity contribution in [3.05, 3.63) is 95.0 Å². The zero-order chi connectivity index (χ0) is 21.7. The van der Waals surface area contributed by atoms with E-state index in [2.05, 4.69) is 72.6 Å². The van der Waals surface area contributed by atoms with E-state index in [9.17, 15) is 0 Å². The monoisotopic (exact) mass is 403 g/mol. The van der Waals surface area contributed by atoms with E-state index in [1.54, 1.807) is 0 Å². The van der Waals surface area contributed by atoms with Crippen molar-refractivity contribution in [2.45, 2.75) is 20.8 Å². The Bertz CT molecular complexity index is 1530. The largest absolute Gasteiger partial charge is 0.466 e. The van der Waals surface area contributed by atoms with Gasteiger partial charge >= 0.3 is 0 Å². The lowest BCUT2D eigenvalue weighted by Crippen LogP contribution is -2.30. The Morgan fingerprint density at radius 3 is 2.42 bits per heavy atom. The Morgan fingerprint density at radius 2 is 1.68 bits per heavy atom. The first kappa shape index (κ1) is 19.1. The third-order valence-electron chi connectivity index (χ3n) is 6.05. The number of hydrogen-bond acceptors (Lipinski definition) is 1. The molecular weight excluding hydrogens is 380 g/mol. The van der Waals surface area contributed by atoms with Gasteiger partial charge < -0.3 is 4.42 Å². The van der Waals surface area contributed by atoms with Crippen LogP contribution in [0.3, 0.4) is 0 Å². The summed E-state index contributed by atoms with van der Waals surface area (Å²) in [6, 6.07) is 21.0. The average Bonchev–Trinajstić information content (AvgIpc) is 3.12. The van der Waals surface area contributed by atoms with E-state index in [4.69, 9.17) is 11.0 Å². The van der Waals surface area contributed by atoms with Gasteiger partial charge in [-0.25, -0.2) is 9.41 Å². The van der Waals surface area contributed by atoms with E-state index < -0.39 is 0 Å². The molecular formula is C28H23N2O+. The van der Waals surface area contributed by atoms with Crippen molar-refractivity contribution < 1.29 is 8.98 Å². The quantitative estimate of drug-likeness (QED) is 0.225. The molecule has 2 heterocycles. The minimum atomic E-state index is 0.546. The minimum absolute atomic E-state index is 0.546. The molecule has 0 N–H and O–H groups in total. The summed E-state index contributed by atoms with van der Waals surface area (Å²) in [6.45, 7) is 14.1. The van der Waals surface area contributed by atoms with E-state index in [-0.39, 0.29) is 0 Å². The molecule has 5 aromatic rings. The highest BCUT2D eigenvalue weighted by atomic mass is 16.3. The fourth-order valence-electron chi connectivity index (χ4n) is 4.50. The maximum absolute atomic E-state index is 7.80. The van der Waals surface area contributed by atoms with Gasteiger partial charge in [0.05, 0.1) is 12.1 Å². The molecule has 3 nitrogen and oxygen atoms in total. The molecule has 0 aliphatic heterocycles. The summed E-state index contributed by atoms with van der Waals surface area (Å²) in [5, 5.41) is 2.02. The molecule has 3 heteroatoms. The highest BCUT2D eigenvalue weighted by molar-refractivity contribution is 6.14. The number of rotatable bonds is 2. The summed E-state index contributed by atoms with van der Waals surface area (Å²) in [5.41, 5.74) is 9.97. The van der Waals surface area contributed by atoms with E-state index in [1.165, 1.54) is 11.1 Å². The Kier molecular flexibility index (Phi) is 4.38. The lowest BCUT2D eigenvalue weighted by atomic mass is 9.96. The van der Waals surface area contributed by atoms with Crippen molar-refractivity contribution in [1.29, 1.82) is 0 Å². The summed E-state index contributed by atoms with van der Waals surface area (Å²) >= 11 is 0. The van der Waals surface area contributed by atoms with Crippen LogP contribution >= 0.6 is 0 Å². The van der Waals surface area contributed by atoms with Crippen LogP contribution in [0.15, 0.2) is 71.3 Å². The Labute approximate surface area is 182 Å². The van der Waals surface area contributed by atoms with E-state index in [0.29, 0.717) is 11.3 Å². The summed E-state index contributed by atoms with van der Waals surface area (Å²) in [5.74, 6) is 0. The second-order valence-electron chi connectivity index (χ2n) is 8.24. The molecule has 0 radical (unpaired) electrons. The van der Waals surface area contributed by atoms with Gasteiger partial charge in [0.2, 0.25) is 11.4 Å². The molecule has 3 aromatic carbocycles. The lowest BCUT2D eigenvalue weighted by Gasteiger charge is -2.08. The highest BCUT2D eigenvalue weighted by Crippen LogP contribution is 2.42. The van der Waals surface area contributed by atoms with Gasteiger partial charge in [-0.15, -0.1) is 0 Å². The number of nitrogens with zero attached hydrogens (tertiary/aromatic N) is 2. The first-order valence-corrected chi connectivity index (χ1v) is 10.4. The number of aromatic nitrogens is 1. The number of benzene rings is 3. The van der Waals surface area contributed by atoms with Gasteiger partial charge in [-0.2, -0.15) is 0 Å². The zero-order valence-electron chi connectivity index (χ0n) is 18.2. The topological polar surface area (TPSA) is 21.4 Å². The predicted octanol–water partition coefficient (Wildman–Crippen LogP) is 7.22. The lowest BCUT2D eigenvalue weighted by molar-refractivity contribution is -0.660. The van der Waals surface area contributed by atoms with Crippen molar-refractivity contribution in [3.63, 3.8) is 0 Å². The molecule has 31 heavy (non-hydrogen) atoms. The van der Waals surface area contributed by atoms with E-state index in [0.717, 1.165) is 44.3 Å². The van der Waals surface area contributed by atoms with Gasteiger partial charge in [0.1, 0.15) is 18.2 Å². The minimum Gasteiger partial charge on any atom is -0.466 e. The predicted molar refractivity (Wildman–Crippen MR) is 126 cm³/mol. The second-order valence-corrected chi connectivity index (χ2v) is 8.24. The first-order valence-electron chi connectivity index (χ1n) is 10.4. The molecule has 0 saturated heterocycles. The molecule has 0 saturated carbocycles. The summed E-state index contributed by atoms with van der Waals surface area (Å²) in [4.78, 5) is 3.82. The Morgan fingerprint density at radius 1 is 0.839 bits per heavy atom. The molecule has 0 unspecified atom stereocenters. The molecule has 0 atom stereocenters. The molecule has 0 aliphatic carbocycles. The number of hydrogen-bond donors (Lipinski definition) is 0. The molecule has 0 fully saturated rings. The van der Waals surface area contributed by atoms with Crippen LogP contribution in [0.1, 0.15) is 16.7 Å². The number of pyridine rings is 1. The molecule has 0 bridgehead atoms. The van der Waals surface area contributed by atoms with Crippen molar-refractivity contribution in [2.75, 3.05) is 0 Å². The van der Waals surface area contributed by atoms with Crippen molar-refractivity contribution in [3.8, 4) is 22.4 Å². The molecule has 0 amide bonds. The van der Waals surface area contributed by atoms with Crippen LogP contribution in [0.4, 0.5) is 5.69 Å². The van der Waals surface area contributed by atoms with Crippen LogP contribution in [0, 0.1) is 27.3 Å². The Hall–Kier alpha value is -3.90. The number of furan rings is 1. The van der Waals surface area contributed by atoms with Crippen LogP contribution < -0.4 is 4.57 Å². The average molecular weight is 404 g/mol. The van der Waals surface area contributed by atoms with Crippen molar-refractivity contribution in [2.24, 2.45) is 7.05 Å². The first-order chi connectivity index (χ1) is 15.0. The summed E-state index contributed by atoms with van der Waals surface area (Å²) in [7, 11) is 2.04. The highest BCUT2D eigenvalue weighted by Gasteiger charge is 2.22. The maximum Gasteiger partial charge on any atom is 0.230 e. The SMILES string of the molecule is [C-]#[N+]c1cc(-c2ccc(C)cc2C)cc2c1oc1c(-c3cccc[n+]3C)c(C)ccc12. The molecule has 5 rings (SSSR count). The van der Waals surface area contributed by atoms with Crippen LogP contribution in [0.25, 0.3) is 49.2 Å². The third kappa shape index (κ3) is 3.00. The van der Waals surface area contributed by atoms with Crippen molar-refractivity contribution in [1.82, 2.24) is 0 Å². The van der Waals surface area contributed by atoms with E-state index >= 15 is 0 Å². The zero-order valence-corrected chi connectivity index (χ0v) is 18.2. The molecule has 2 aromatic heterocycles. The van der Waals surface area contributed by atoms with Gasteiger partial charge in [-0.05, 0) is 61.2 Å². The van der Waals surface area contributed by atoms with Gasteiger partial charge in [0.25, 0.3) is 0 Å². The molecule has 0 aliphatic rings. The summed E-state index contributed by atoms with van der Waals surface area (Å²) in [6.07, 6.45) is 2.04. The van der Waals surface area contributed by atoms with Crippen LogP contribution in [-0.4, -0.2) is 0 Å². The van der Waals surface area contributed by atoms with Gasteiger partial charge in [-0.3, -0.25) is 0 Å². The Balaban J connectivity index is 1.87.